The number of hydrogen-bond donors (Lipinski definition) is 2. The average Bonchev–Trinajstić information content (AvgIpc) is 2.03. The minimum absolute atomic E-state index is 0. The average molecular weight is 223 g/mol. The van der Waals surface area contributed by atoms with Gasteiger partial charge in [-0.2, -0.15) is 8.42 Å². The van der Waals surface area contributed by atoms with Gasteiger partial charge in [-0.25, -0.2) is 0 Å². The minimum Gasteiger partial charge on any atom is -0.872 e. The van der Waals surface area contributed by atoms with E-state index in [1.54, 1.807) is 0 Å². The van der Waals surface area contributed by atoms with Gasteiger partial charge < -0.3 is 10.5 Å². The van der Waals surface area contributed by atoms with Crippen molar-refractivity contribution in [3.63, 3.8) is 0 Å². The topological polar surface area (TPSA) is 101 Å². The Labute approximate surface area is 103 Å². The molecule has 0 spiro atoms. The molecule has 0 bridgehead atoms. The molecule has 0 aliphatic heterocycles. The van der Waals surface area contributed by atoms with Crippen LogP contribution in [0.5, 0.6) is 5.75 Å². The quantitative estimate of drug-likeness (QED) is 0.317. The number of benzene rings is 1. The largest absolute Gasteiger partial charge is 1.00 e. The third kappa shape index (κ3) is 3.07. The molecule has 1 rings (SSSR count). The van der Waals surface area contributed by atoms with Crippen molar-refractivity contribution in [1.82, 2.24) is 0 Å². The number of nitrogens with one attached hydrogen (secondary N) is 1. The molecule has 0 atom stereocenters. The molecule has 1 aromatic rings. The molecule has 1 aromatic carbocycles. The molecule has 5 nitrogen and oxygen atoms in total. The van der Waals surface area contributed by atoms with Crippen LogP contribution in [0.25, 0.3) is 0 Å². The van der Waals surface area contributed by atoms with E-state index in [-0.39, 0.29) is 40.0 Å². The fourth-order valence-electron chi connectivity index (χ4n) is 0.800. The molecule has 70 valence electrons. The van der Waals surface area contributed by atoms with E-state index in [0.717, 1.165) is 24.4 Å². The molecular formula is C7H6NNaO4S. The summed E-state index contributed by atoms with van der Waals surface area (Å²) in [6, 6.07) is 2.93. The third-order valence-corrected chi connectivity index (χ3v) is 2.28. The molecule has 0 radical (unpaired) electrons. The minimum atomic E-state index is -4.29. The molecule has 0 saturated carbocycles. The van der Waals surface area contributed by atoms with Gasteiger partial charge >= 0.3 is 29.6 Å². The molecular weight excluding hydrogens is 217 g/mol. The summed E-state index contributed by atoms with van der Waals surface area (Å²) in [6.45, 7) is 0. The standard InChI is InChI=1S/C7H7NO4S.Na/c8-4-5-3-6(13(10,11)12)1-2-7(5)9;/h1-4,8-9H,(H,10,11,12);/q;+1/p-1. The first-order valence-corrected chi connectivity index (χ1v) is 4.68. The predicted octanol–water partition coefficient (Wildman–Crippen LogP) is -2.99. The monoisotopic (exact) mass is 223 g/mol. The van der Waals surface area contributed by atoms with Crippen molar-refractivity contribution in [3.05, 3.63) is 23.8 Å². The van der Waals surface area contributed by atoms with Crippen LogP contribution in [0.1, 0.15) is 5.56 Å². The van der Waals surface area contributed by atoms with Gasteiger partial charge in [0.05, 0.1) is 4.90 Å². The van der Waals surface area contributed by atoms with Crippen LogP contribution in [-0.2, 0) is 10.1 Å². The summed E-state index contributed by atoms with van der Waals surface area (Å²) >= 11 is 0. The number of hydrogen-bond acceptors (Lipinski definition) is 4. The maximum Gasteiger partial charge on any atom is 1.00 e. The zero-order chi connectivity index (χ0) is 10.1. The van der Waals surface area contributed by atoms with Gasteiger partial charge in [0.15, 0.2) is 0 Å². The molecule has 0 aliphatic rings. The van der Waals surface area contributed by atoms with Gasteiger partial charge in [-0.3, -0.25) is 4.55 Å². The van der Waals surface area contributed by atoms with Gasteiger partial charge in [-0.1, -0.05) is 11.8 Å². The van der Waals surface area contributed by atoms with Crippen molar-refractivity contribution in [1.29, 1.82) is 5.41 Å². The van der Waals surface area contributed by atoms with Gasteiger partial charge in [0, 0.05) is 6.21 Å². The Morgan fingerprint density at radius 1 is 1.43 bits per heavy atom. The molecule has 0 fully saturated rings. The van der Waals surface area contributed by atoms with Crippen molar-refractivity contribution in [3.8, 4) is 5.75 Å². The summed E-state index contributed by atoms with van der Waals surface area (Å²) in [4.78, 5) is -0.384. The zero-order valence-corrected chi connectivity index (χ0v) is 10.2. The maximum absolute atomic E-state index is 10.9. The first-order valence-electron chi connectivity index (χ1n) is 3.24. The third-order valence-electron chi connectivity index (χ3n) is 1.43. The van der Waals surface area contributed by atoms with Crippen LogP contribution in [0.15, 0.2) is 23.1 Å². The van der Waals surface area contributed by atoms with Gasteiger partial charge in [-0.15, -0.1) is 0 Å². The van der Waals surface area contributed by atoms with Gasteiger partial charge in [0.1, 0.15) is 0 Å². The van der Waals surface area contributed by atoms with Gasteiger partial charge in [0.2, 0.25) is 0 Å². The van der Waals surface area contributed by atoms with Crippen LogP contribution in [0.3, 0.4) is 0 Å². The second-order valence-corrected chi connectivity index (χ2v) is 3.74. The predicted molar refractivity (Wildman–Crippen MR) is 43.6 cm³/mol. The first kappa shape index (κ1) is 13.6. The second-order valence-electron chi connectivity index (χ2n) is 2.32. The smallest absolute Gasteiger partial charge is 0.872 e. The number of rotatable bonds is 2. The van der Waals surface area contributed by atoms with E-state index in [0.29, 0.717) is 0 Å². The van der Waals surface area contributed by atoms with Crippen LogP contribution < -0.4 is 34.7 Å². The summed E-state index contributed by atoms with van der Waals surface area (Å²) in [5.74, 6) is -0.456. The second kappa shape index (κ2) is 4.90. The molecule has 0 aliphatic carbocycles. The van der Waals surface area contributed by atoms with Crippen LogP contribution in [-0.4, -0.2) is 19.2 Å². The molecule has 0 amide bonds. The zero-order valence-electron chi connectivity index (χ0n) is 7.39. The van der Waals surface area contributed by atoms with E-state index in [9.17, 15) is 13.5 Å². The molecule has 0 unspecified atom stereocenters. The van der Waals surface area contributed by atoms with Crippen molar-refractivity contribution < 1.29 is 47.6 Å². The fourth-order valence-corrected chi connectivity index (χ4v) is 1.32. The molecule has 2 N–H and O–H groups in total. The maximum atomic E-state index is 10.9. The Kier molecular flexibility index (Phi) is 4.76. The van der Waals surface area contributed by atoms with Crippen LogP contribution in [0.2, 0.25) is 0 Å². The van der Waals surface area contributed by atoms with Crippen molar-refractivity contribution in [2.45, 2.75) is 4.90 Å². The summed E-state index contributed by atoms with van der Waals surface area (Å²) in [5.41, 5.74) is -0.0740. The molecule has 0 aromatic heterocycles. The van der Waals surface area contributed by atoms with E-state index in [2.05, 4.69) is 0 Å². The van der Waals surface area contributed by atoms with Crippen molar-refractivity contribution in [2.24, 2.45) is 0 Å². The van der Waals surface area contributed by atoms with Crippen LogP contribution in [0, 0.1) is 5.41 Å². The summed E-state index contributed by atoms with van der Waals surface area (Å²) in [5, 5.41) is 17.7. The molecule has 7 heteroatoms. The Bertz CT molecular complexity index is 443. The SMILES string of the molecule is N=Cc1cc(S(=O)(=O)O)ccc1[O-].[Na+]. The van der Waals surface area contributed by atoms with E-state index >= 15 is 0 Å². The Hall–Kier alpha value is -0.400. The van der Waals surface area contributed by atoms with Gasteiger partial charge in [-0.05, 0) is 17.7 Å². The van der Waals surface area contributed by atoms with E-state index in [1.807, 2.05) is 0 Å². The van der Waals surface area contributed by atoms with E-state index in [1.165, 1.54) is 0 Å². The molecule has 0 saturated heterocycles. The summed E-state index contributed by atoms with van der Waals surface area (Å²) in [6.07, 6.45) is 0.733. The Morgan fingerprint density at radius 3 is 2.43 bits per heavy atom. The fraction of sp³-hybridized carbons (Fsp3) is 0. The first-order chi connectivity index (χ1) is 5.95. The summed E-state index contributed by atoms with van der Waals surface area (Å²) < 4.78 is 29.8. The van der Waals surface area contributed by atoms with E-state index < -0.39 is 15.9 Å². The van der Waals surface area contributed by atoms with Gasteiger partial charge in [0.25, 0.3) is 10.1 Å². The molecule has 14 heavy (non-hydrogen) atoms. The Morgan fingerprint density at radius 2 is 2.00 bits per heavy atom. The molecule has 0 heterocycles. The summed E-state index contributed by atoms with van der Waals surface area (Å²) in [7, 11) is -4.29. The normalized spacial score (nSPS) is 10.4. The van der Waals surface area contributed by atoms with E-state index in [4.69, 9.17) is 9.96 Å². The van der Waals surface area contributed by atoms with Crippen LogP contribution >= 0.6 is 0 Å². The Balaban J connectivity index is 0.00000169. The van der Waals surface area contributed by atoms with Crippen molar-refractivity contribution >= 4 is 16.3 Å². The van der Waals surface area contributed by atoms with Crippen molar-refractivity contribution in [2.75, 3.05) is 0 Å². The van der Waals surface area contributed by atoms with Crippen LogP contribution in [0.4, 0.5) is 0 Å².